The molecule has 0 fully saturated rings. The Bertz CT molecular complexity index is 692. The molecule has 1 heterocycles. The van der Waals surface area contributed by atoms with Gasteiger partial charge in [-0.25, -0.2) is 0 Å². The molecule has 1 aromatic heterocycles. The molecule has 21 heavy (non-hydrogen) atoms. The maximum Gasteiger partial charge on any atom is 0.119 e. The van der Waals surface area contributed by atoms with Gasteiger partial charge in [0.15, 0.2) is 0 Å². The maximum absolute atomic E-state index is 5.65. The third-order valence-corrected chi connectivity index (χ3v) is 3.36. The Morgan fingerprint density at radius 3 is 2.62 bits per heavy atom. The Morgan fingerprint density at radius 1 is 0.905 bits per heavy atom. The molecule has 0 saturated heterocycles. The van der Waals surface area contributed by atoms with E-state index in [2.05, 4.69) is 28.5 Å². The van der Waals surface area contributed by atoms with Gasteiger partial charge < -0.3 is 10.1 Å². The summed E-state index contributed by atoms with van der Waals surface area (Å²) in [7, 11) is 0. The van der Waals surface area contributed by atoms with Crippen molar-refractivity contribution in [3.8, 4) is 5.75 Å². The van der Waals surface area contributed by atoms with Gasteiger partial charge in [0.1, 0.15) is 12.4 Å². The fourth-order valence-corrected chi connectivity index (χ4v) is 2.30. The molecule has 1 N–H and O–H groups in total. The molecule has 0 atom stereocenters. The molecule has 0 unspecified atom stereocenters. The lowest BCUT2D eigenvalue weighted by Gasteiger charge is -2.09. The number of hydrogen-bond acceptors (Lipinski definition) is 3. The minimum Gasteiger partial charge on any atom is -0.492 e. The lowest BCUT2D eigenvalue weighted by Crippen LogP contribution is -2.20. The lowest BCUT2D eigenvalue weighted by molar-refractivity contribution is 0.313. The number of benzene rings is 2. The van der Waals surface area contributed by atoms with Crippen molar-refractivity contribution >= 4 is 10.8 Å². The largest absolute Gasteiger partial charge is 0.492 e. The maximum atomic E-state index is 5.65. The molecule has 3 aromatic rings. The van der Waals surface area contributed by atoms with Crippen LogP contribution in [-0.2, 0) is 6.54 Å². The number of pyridine rings is 1. The van der Waals surface area contributed by atoms with E-state index in [1.54, 1.807) is 0 Å². The van der Waals surface area contributed by atoms with E-state index in [1.807, 2.05) is 48.8 Å². The number of rotatable bonds is 6. The van der Waals surface area contributed by atoms with Gasteiger partial charge in [-0.15, -0.1) is 0 Å². The van der Waals surface area contributed by atoms with Crippen LogP contribution in [0.2, 0.25) is 0 Å². The van der Waals surface area contributed by atoms with Gasteiger partial charge in [-0.1, -0.05) is 42.5 Å². The molecular formula is C18H18N2O. The van der Waals surface area contributed by atoms with Crippen LogP contribution in [0, 0.1) is 0 Å². The number of fused-ring (bicyclic) bond motifs is 1. The minimum absolute atomic E-state index is 0.655. The van der Waals surface area contributed by atoms with Crippen molar-refractivity contribution < 1.29 is 4.74 Å². The number of hydrogen-bond donors (Lipinski definition) is 1. The summed E-state index contributed by atoms with van der Waals surface area (Å²) in [4.78, 5) is 4.29. The molecule has 3 rings (SSSR count). The molecule has 0 aliphatic rings. The molecule has 0 amide bonds. The zero-order valence-electron chi connectivity index (χ0n) is 11.8. The first-order valence-electron chi connectivity index (χ1n) is 7.14. The van der Waals surface area contributed by atoms with Crippen molar-refractivity contribution in [1.82, 2.24) is 10.3 Å². The van der Waals surface area contributed by atoms with Crippen molar-refractivity contribution in [2.45, 2.75) is 6.54 Å². The van der Waals surface area contributed by atoms with E-state index in [0.29, 0.717) is 6.61 Å². The molecule has 0 radical (unpaired) electrons. The van der Waals surface area contributed by atoms with Crippen LogP contribution in [0.4, 0.5) is 0 Å². The number of aromatic nitrogens is 1. The van der Waals surface area contributed by atoms with Gasteiger partial charge in [0.05, 0.1) is 0 Å². The summed E-state index contributed by atoms with van der Waals surface area (Å²) in [5.41, 5.74) is 1.22. The Hall–Kier alpha value is -2.39. The third kappa shape index (κ3) is 3.58. The Kier molecular flexibility index (Phi) is 4.44. The van der Waals surface area contributed by atoms with E-state index < -0.39 is 0 Å². The topological polar surface area (TPSA) is 34.1 Å². The molecule has 0 spiro atoms. The van der Waals surface area contributed by atoms with Gasteiger partial charge in [0, 0.05) is 30.9 Å². The van der Waals surface area contributed by atoms with E-state index in [4.69, 9.17) is 4.74 Å². The first kappa shape index (κ1) is 13.6. The number of para-hydroxylation sites is 1. The normalized spacial score (nSPS) is 10.7. The summed E-state index contributed by atoms with van der Waals surface area (Å²) >= 11 is 0. The fraction of sp³-hybridized carbons (Fsp3) is 0.167. The average Bonchev–Trinajstić information content (AvgIpc) is 2.56. The molecule has 3 heteroatoms. The summed E-state index contributed by atoms with van der Waals surface area (Å²) in [6.45, 7) is 2.26. The summed E-state index contributed by atoms with van der Waals surface area (Å²) in [6, 6.07) is 18.2. The second kappa shape index (κ2) is 6.86. The van der Waals surface area contributed by atoms with Gasteiger partial charge in [0.2, 0.25) is 0 Å². The molecule has 106 valence electrons. The van der Waals surface area contributed by atoms with Crippen LogP contribution in [0.25, 0.3) is 10.8 Å². The summed E-state index contributed by atoms with van der Waals surface area (Å²) in [5.74, 6) is 0.908. The highest BCUT2D eigenvalue weighted by atomic mass is 16.5. The second-order valence-corrected chi connectivity index (χ2v) is 4.86. The number of nitrogens with zero attached hydrogens (tertiary/aromatic N) is 1. The summed E-state index contributed by atoms with van der Waals surface area (Å²) in [6.07, 6.45) is 3.82. The molecule has 0 saturated carbocycles. The van der Waals surface area contributed by atoms with E-state index >= 15 is 0 Å². The summed E-state index contributed by atoms with van der Waals surface area (Å²) in [5, 5.41) is 5.83. The molecule has 0 bridgehead atoms. The van der Waals surface area contributed by atoms with Crippen molar-refractivity contribution in [3.63, 3.8) is 0 Å². The van der Waals surface area contributed by atoms with E-state index in [-0.39, 0.29) is 0 Å². The smallest absolute Gasteiger partial charge is 0.119 e. The van der Waals surface area contributed by atoms with Crippen molar-refractivity contribution in [2.24, 2.45) is 0 Å². The van der Waals surface area contributed by atoms with Crippen molar-refractivity contribution in [1.29, 1.82) is 0 Å². The highest BCUT2D eigenvalue weighted by Crippen LogP contribution is 2.16. The van der Waals surface area contributed by atoms with Crippen molar-refractivity contribution in [3.05, 3.63) is 72.6 Å². The Morgan fingerprint density at radius 2 is 1.71 bits per heavy atom. The van der Waals surface area contributed by atoms with E-state index in [0.717, 1.165) is 18.8 Å². The van der Waals surface area contributed by atoms with E-state index in [9.17, 15) is 0 Å². The van der Waals surface area contributed by atoms with Crippen LogP contribution in [0.1, 0.15) is 5.56 Å². The molecule has 2 aromatic carbocycles. The highest BCUT2D eigenvalue weighted by molar-refractivity contribution is 5.84. The predicted molar refractivity (Wildman–Crippen MR) is 85.4 cm³/mol. The van der Waals surface area contributed by atoms with Gasteiger partial charge in [0.25, 0.3) is 0 Å². The minimum atomic E-state index is 0.655. The lowest BCUT2D eigenvalue weighted by atomic mass is 10.1. The van der Waals surface area contributed by atoms with Crippen LogP contribution < -0.4 is 10.1 Å². The molecular weight excluding hydrogens is 260 g/mol. The van der Waals surface area contributed by atoms with Crippen LogP contribution in [-0.4, -0.2) is 18.1 Å². The van der Waals surface area contributed by atoms with Crippen LogP contribution in [0.15, 0.2) is 67.0 Å². The van der Waals surface area contributed by atoms with Crippen LogP contribution in [0.5, 0.6) is 5.75 Å². The first-order chi connectivity index (χ1) is 10.4. The van der Waals surface area contributed by atoms with Gasteiger partial charge in [-0.3, -0.25) is 4.98 Å². The third-order valence-electron chi connectivity index (χ3n) is 3.36. The SMILES string of the molecule is c1ccc(OCCNCc2cncc3ccccc23)cc1. The van der Waals surface area contributed by atoms with Crippen LogP contribution in [0.3, 0.4) is 0 Å². The van der Waals surface area contributed by atoms with E-state index in [1.165, 1.54) is 16.3 Å². The van der Waals surface area contributed by atoms with Crippen molar-refractivity contribution in [2.75, 3.05) is 13.2 Å². The molecule has 3 nitrogen and oxygen atoms in total. The predicted octanol–water partition coefficient (Wildman–Crippen LogP) is 3.40. The standard InChI is InChI=1S/C18H18N2O/c1-2-7-17(8-3-1)21-11-10-19-13-16-14-20-12-15-6-4-5-9-18(15)16/h1-9,12,14,19H,10-11,13H2. The summed E-state index contributed by atoms with van der Waals surface area (Å²) < 4.78 is 5.65. The zero-order valence-corrected chi connectivity index (χ0v) is 11.8. The van der Waals surface area contributed by atoms with Crippen LogP contribution >= 0.6 is 0 Å². The fourth-order valence-electron chi connectivity index (χ4n) is 2.30. The zero-order chi connectivity index (χ0) is 14.3. The Balaban J connectivity index is 1.51. The first-order valence-corrected chi connectivity index (χ1v) is 7.14. The Labute approximate surface area is 124 Å². The quantitative estimate of drug-likeness (QED) is 0.702. The molecule has 0 aliphatic heterocycles. The van der Waals surface area contributed by atoms with Gasteiger partial charge in [-0.05, 0) is 23.1 Å². The van der Waals surface area contributed by atoms with Gasteiger partial charge >= 0.3 is 0 Å². The second-order valence-electron chi connectivity index (χ2n) is 4.86. The molecule has 0 aliphatic carbocycles. The number of nitrogens with one attached hydrogen (secondary N) is 1. The average molecular weight is 278 g/mol. The van der Waals surface area contributed by atoms with Gasteiger partial charge in [-0.2, -0.15) is 0 Å². The highest BCUT2D eigenvalue weighted by Gasteiger charge is 2.00. The monoisotopic (exact) mass is 278 g/mol. The number of ether oxygens (including phenoxy) is 1.